The average molecular weight is 501 g/mol. The van der Waals surface area contributed by atoms with Crippen molar-refractivity contribution >= 4 is 20.0 Å². The number of nitrogens with zero attached hydrogens (tertiary/aromatic N) is 2. The van der Waals surface area contributed by atoms with Gasteiger partial charge in [0, 0.05) is 37.8 Å². The van der Waals surface area contributed by atoms with E-state index in [0.29, 0.717) is 23.0 Å². The minimum atomic E-state index is -3.88. The van der Waals surface area contributed by atoms with Crippen LogP contribution < -0.4 is 18.9 Å². The fourth-order valence-corrected chi connectivity index (χ4v) is 6.88. The number of sulfonamides is 2. The molecule has 0 unspecified atom stereocenters. The van der Waals surface area contributed by atoms with Gasteiger partial charge >= 0.3 is 0 Å². The highest BCUT2D eigenvalue weighted by Gasteiger charge is 2.38. The smallest absolute Gasteiger partial charge is 0.243 e. The van der Waals surface area contributed by atoms with Crippen LogP contribution in [0, 0.1) is 0 Å². The van der Waals surface area contributed by atoms with E-state index < -0.39 is 26.1 Å². The van der Waals surface area contributed by atoms with Crippen molar-refractivity contribution in [1.82, 2.24) is 8.61 Å². The van der Waals surface area contributed by atoms with Crippen molar-refractivity contribution in [1.29, 1.82) is 0 Å². The number of piperazine rings is 1. The maximum absolute atomic E-state index is 13.3. The Balaban J connectivity index is 1.84. The lowest BCUT2D eigenvalue weighted by atomic mass is 10.3. The molecule has 0 aliphatic carbocycles. The predicted molar refractivity (Wildman–Crippen MR) is 121 cm³/mol. The van der Waals surface area contributed by atoms with E-state index >= 15 is 0 Å². The molecule has 3 rings (SSSR count). The standard InChI is InChI=1S/C21H28N2O8S2/c1-15-14-22(32(24,25)16-6-8-18(28-2)20(12-16)30-4)10-11-23(15)33(26,27)17-7-9-19(29-3)21(13-17)31-5/h6-9,12-13,15H,10-11,14H2,1-5H3/t15-/m0/s1. The maximum atomic E-state index is 13.3. The second-order valence-corrected chi connectivity index (χ2v) is 11.2. The molecule has 182 valence electrons. The van der Waals surface area contributed by atoms with Crippen molar-refractivity contribution in [3.8, 4) is 23.0 Å². The molecule has 1 saturated heterocycles. The third kappa shape index (κ3) is 4.74. The van der Waals surface area contributed by atoms with Gasteiger partial charge in [-0.2, -0.15) is 8.61 Å². The van der Waals surface area contributed by atoms with E-state index in [1.807, 2.05) is 0 Å². The summed E-state index contributed by atoms with van der Waals surface area (Å²) in [5, 5.41) is 0. The van der Waals surface area contributed by atoms with E-state index in [9.17, 15) is 16.8 Å². The molecule has 2 aromatic carbocycles. The van der Waals surface area contributed by atoms with Crippen molar-refractivity contribution in [2.45, 2.75) is 22.8 Å². The number of hydrogen-bond donors (Lipinski definition) is 0. The van der Waals surface area contributed by atoms with E-state index in [2.05, 4.69) is 0 Å². The van der Waals surface area contributed by atoms with Gasteiger partial charge < -0.3 is 18.9 Å². The lowest BCUT2D eigenvalue weighted by molar-refractivity contribution is 0.212. The van der Waals surface area contributed by atoms with Gasteiger partial charge in [0.2, 0.25) is 20.0 Å². The molecule has 0 N–H and O–H groups in total. The third-order valence-electron chi connectivity index (χ3n) is 5.48. The minimum absolute atomic E-state index is 0.00317. The lowest BCUT2D eigenvalue weighted by Crippen LogP contribution is -2.55. The minimum Gasteiger partial charge on any atom is -0.493 e. The topological polar surface area (TPSA) is 112 Å². The maximum Gasteiger partial charge on any atom is 0.243 e. The quantitative estimate of drug-likeness (QED) is 0.540. The monoisotopic (exact) mass is 500 g/mol. The van der Waals surface area contributed by atoms with Crippen molar-refractivity contribution in [2.24, 2.45) is 0 Å². The Hall–Kier alpha value is -2.54. The summed E-state index contributed by atoms with van der Waals surface area (Å²) < 4.78 is 76.3. The van der Waals surface area contributed by atoms with Gasteiger partial charge in [-0.25, -0.2) is 16.8 Å². The number of methoxy groups -OCH3 is 4. The van der Waals surface area contributed by atoms with E-state index in [0.717, 1.165) is 0 Å². The van der Waals surface area contributed by atoms with Crippen molar-refractivity contribution < 1.29 is 35.8 Å². The predicted octanol–water partition coefficient (Wildman–Crippen LogP) is 1.80. The van der Waals surface area contributed by atoms with Gasteiger partial charge in [0.15, 0.2) is 23.0 Å². The average Bonchev–Trinajstić information content (AvgIpc) is 2.82. The summed E-state index contributed by atoms with van der Waals surface area (Å²) in [6.45, 7) is 1.69. The molecule has 1 fully saturated rings. The number of rotatable bonds is 8. The molecule has 33 heavy (non-hydrogen) atoms. The van der Waals surface area contributed by atoms with Crippen LogP contribution in [0.1, 0.15) is 6.92 Å². The van der Waals surface area contributed by atoms with Crippen LogP contribution in [0.2, 0.25) is 0 Å². The fourth-order valence-electron chi connectivity index (χ4n) is 3.72. The van der Waals surface area contributed by atoms with Crippen molar-refractivity contribution in [3.05, 3.63) is 36.4 Å². The Kier molecular flexibility index (Phi) is 7.42. The molecular weight excluding hydrogens is 472 g/mol. The lowest BCUT2D eigenvalue weighted by Gasteiger charge is -2.38. The number of hydrogen-bond acceptors (Lipinski definition) is 8. The highest BCUT2D eigenvalue weighted by Crippen LogP contribution is 2.34. The van der Waals surface area contributed by atoms with E-state index in [1.165, 1.54) is 73.4 Å². The Morgan fingerprint density at radius 3 is 1.58 bits per heavy atom. The Morgan fingerprint density at radius 1 is 0.697 bits per heavy atom. The highest BCUT2D eigenvalue weighted by molar-refractivity contribution is 7.89. The van der Waals surface area contributed by atoms with Crippen LogP contribution in [-0.4, -0.2) is 79.6 Å². The van der Waals surface area contributed by atoms with Gasteiger partial charge in [-0.15, -0.1) is 0 Å². The van der Waals surface area contributed by atoms with Crippen LogP contribution in [-0.2, 0) is 20.0 Å². The summed E-state index contributed by atoms with van der Waals surface area (Å²) in [6.07, 6.45) is 0. The second kappa shape index (κ2) is 9.75. The molecule has 0 radical (unpaired) electrons. The number of ether oxygens (including phenoxy) is 4. The van der Waals surface area contributed by atoms with Crippen LogP contribution in [0.3, 0.4) is 0 Å². The summed E-state index contributed by atoms with van der Waals surface area (Å²) in [4.78, 5) is 0.0896. The molecule has 0 amide bonds. The molecule has 12 heteroatoms. The third-order valence-corrected chi connectivity index (χ3v) is 9.35. The van der Waals surface area contributed by atoms with Gasteiger partial charge in [-0.05, 0) is 31.2 Å². The Bertz CT molecular complexity index is 1210. The van der Waals surface area contributed by atoms with Gasteiger partial charge in [0.1, 0.15) is 0 Å². The summed E-state index contributed by atoms with van der Waals surface area (Å²) in [5.41, 5.74) is 0. The zero-order valence-electron chi connectivity index (χ0n) is 19.1. The van der Waals surface area contributed by atoms with Crippen LogP contribution in [0.15, 0.2) is 46.2 Å². The molecule has 1 atom stereocenters. The van der Waals surface area contributed by atoms with Crippen molar-refractivity contribution in [2.75, 3.05) is 48.1 Å². The van der Waals surface area contributed by atoms with E-state index in [4.69, 9.17) is 18.9 Å². The van der Waals surface area contributed by atoms with E-state index in [1.54, 1.807) is 6.92 Å². The molecule has 0 aromatic heterocycles. The molecule has 10 nitrogen and oxygen atoms in total. The molecule has 0 saturated carbocycles. The first-order valence-electron chi connectivity index (χ1n) is 10.1. The first-order chi connectivity index (χ1) is 15.6. The van der Waals surface area contributed by atoms with Crippen molar-refractivity contribution in [3.63, 3.8) is 0 Å². The SMILES string of the molecule is COc1ccc(S(=O)(=O)N2CCN(S(=O)(=O)c3ccc(OC)c(OC)c3)[C@@H](C)C2)cc1OC. The zero-order chi connectivity index (χ0) is 24.4. The van der Waals surface area contributed by atoms with Gasteiger partial charge in [0.25, 0.3) is 0 Å². The normalized spacial score (nSPS) is 18.0. The number of benzene rings is 2. The van der Waals surface area contributed by atoms with E-state index in [-0.39, 0.29) is 29.4 Å². The molecule has 1 aliphatic rings. The van der Waals surface area contributed by atoms with Gasteiger partial charge in [-0.1, -0.05) is 0 Å². The summed E-state index contributed by atoms with van der Waals surface area (Å²) >= 11 is 0. The summed E-state index contributed by atoms with van der Waals surface area (Å²) in [7, 11) is -1.97. The highest BCUT2D eigenvalue weighted by atomic mass is 32.2. The molecule has 0 spiro atoms. The Morgan fingerprint density at radius 2 is 1.15 bits per heavy atom. The molecule has 1 heterocycles. The van der Waals surface area contributed by atoms with Crippen LogP contribution in [0.5, 0.6) is 23.0 Å². The summed E-state index contributed by atoms with van der Waals surface area (Å²) in [6, 6.07) is 8.12. The molecule has 0 bridgehead atoms. The largest absolute Gasteiger partial charge is 0.493 e. The van der Waals surface area contributed by atoms with Crippen LogP contribution >= 0.6 is 0 Å². The molecule has 2 aromatic rings. The summed E-state index contributed by atoms with van der Waals surface area (Å²) in [5.74, 6) is 1.41. The van der Waals surface area contributed by atoms with Gasteiger partial charge in [-0.3, -0.25) is 0 Å². The first kappa shape index (κ1) is 25.1. The van der Waals surface area contributed by atoms with Crippen LogP contribution in [0.25, 0.3) is 0 Å². The molecular formula is C21H28N2O8S2. The fraction of sp³-hybridized carbons (Fsp3) is 0.429. The zero-order valence-corrected chi connectivity index (χ0v) is 20.8. The first-order valence-corrected chi connectivity index (χ1v) is 12.9. The second-order valence-electron chi connectivity index (χ2n) is 7.36. The molecule has 1 aliphatic heterocycles. The Labute approximate surface area is 194 Å². The van der Waals surface area contributed by atoms with Gasteiger partial charge in [0.05, 0.1) is 38.2 Å². The van der Waals surface area contributed by atoms with Crippen LogP contribution in [0.4, 0.5) is 0 Å².